The highest BCUT2D eigenvalue weighted by molar-refractivity contribution is 5.17. The molecule has 6 heteroatoms. The van der Waals surface area contributed by atoms with E-state index in [-0.39, 0.29) is 12.7 Å². The monoisotopic (exact) mass is 648 g/mol. The van der Waals surface area contributed by atoms with E-state index >= 15 is 0 Å². The molecule has 5 atom stereocenters. The van der Waals surface area contributed by atoms with E-state index in [0.29, 0.717) is 26.4 Å². The molecular formula is C42H48O6. The Balaban J connectivity index is 1.35. The summed E-state index contributed by atoms with van der Waals surface area (Å²) in [5.41, 5.74) is 4.25. The summed E-state index contributed by atoms with van der Waals surface area (Å²) >= 11 is 0. The van der Waals surface area contributed by atoms with Crippen LogP contribution in [0.15, 0.2) is 134 Å². The van der Waals surface area contributed by atoms with Gasteiger partial charge in [0.2, 0.25) is 5.79 Å². The molecule has 48 heavy (non-hydrogen) atoms. The van der Waals surface area contributed by atoms with Gasteiger partial charge in [-0.2, -0.15) is 0 Å². The summed E-state index contributed by atoms with van der Waals surface area (Å²) in [7, 11) is 0. The molecule has 1 aliphatic carbocycles. The van der Waals surface area contributed by atoms with Gasteiger partial charge in [-0.05, 0) is 41.2 Å². The second kappa shape index (κ2) is 17.7. The van der Waals surface area contributed by atoms with Crippen LogP contribution in [0.2, 0.25) is 0 Å². The van der Waals surface area contributed by atoms with Crippen molar-refractivity contribution in [2.45, 2.75) is 94.8 Å². The highest BCUT2D eigenvalue weighted by Gasteiger charge is 2.57. The molecule has 0 N–H and O–H groups in total. The Morgan fingerprint density at radius 3 is 1.54 bits per heavy atom. The van der Waals surface area contributed by atoms with Gasteiger partial charge in [-0.15, -0.1) is 0 Å². The fraction of sp³-hybridized carbons (Fsp3) is 0.381. The summed E-state index contributed by atoms with van der Waals surface area (Å²) in [5.74, 6) is -1.29. The number of rotatable bonds is 16. The molecule has 1 aliphatic heterocycles. The minimum atomic E-state index is -1.29. The number of hydrogen-bond acceptors (Lipinski definition) is 6. The number of hydrogen-bond donors (Lipinski definition) is 0. The van der Waals surface area contributed by atoms with Crippen molar-refractivity contribution in [3.63, 3.8) is 0 Å². The van der Waals surface area contributed by atoms with Crippen molar-refractivity contribution in [1.82, 2.24) is 0 Å². The molecule has 1 heterocycles. The van der Waals surface area contributed by atoms with Gasteiger partial charge in [0.05, 0.1) is 39.1 Å². The molecule has 252 valence electrons. The van der Waals surface area contributed by atoms with Gasteiger partial charge in [0, 0.05) is 0 Å². The van der Waals surface area contributed by atoms with Crippen LogP contribution in [0.1, 0.15) is 54.4 Å². The minimum Gasteiger partial charge on any atom is -0.374 e. The predicted molar refractivity (Wildman–Crippen MR) is 187 cm³/mol. The Labute approximate surface area is 285 Å². The van der Waals surface area contributed by atoms with Gasteiger partial charge >= 0.3 is 0 Å². The Morgan fingerprint density at radius 1 is 0.583 bits per heavy atom. The molecular weight excluding hydrogens is 600 g/mol. The molecule has 5 unspecified atom stereocenters. The van der Waals surface area contributed by atoms with Crippen LogP contribution >= 0.6 is 0 Å². The number of ether oxygens (including phenoxy) is 6. The van der Waals surface area contributed by atoms with Gasteiger partial charge in [0.25, 0.3) is 0 Å². The predicted octanol–water partition coefficient (Wildman–Crippen LogP) is 8.59. The van der Waals surface area contributed by atoms with Gasteiger partial charge < -0.3 is 28.4 Å². The Hall–Kier alpha value is -3.62. The summed E-state index contributed by atoms with van der Waals surface area (Å²) < 4.78 is 41.0. The van der Waals surface area contributed by atoms with Crippen molar-refractivity contribution in [3.05, 3.63) is 156 Å². The quantitative estimate of drug-likeness (QED) is 0.114. The lowest BCUT2D eigenvalue weighted by molar-refractivity contribution is -0.373. The van der Waals surface area contributed by atoms with Gasteiger partial charge in [-0.3, -0.25) is 0 Å². The fourth-order valence-electron chi connectivity index (χ4n) is 6.62. The highest BCUT2D eigenvalue weighted by Crippen LogP contribution is 2.41. The van der Waals surface area contributed by atoms with Crippen molar-refractivity contribution >= 4 is 0 Å². The van der Waals surface area contributed by atoms with Crippen LogP contribution in [0.3, 0.4) is 0 Å². The van der Waals surface area contributed by atoms with Crippen LogP contribution < -0.4 is 0 Å². The largest absolute Gasteiger partial charge is 0.374 e. The van der Waals surface area contributed by atoms with Crippen molar-refractivity contribution in [2.24, 2.45) is 0 Å². The number of benzene rings is 4. The summed E-state index contributed by atoms with van der Waals surface area (Å²) in [6.07, 6.45) is 4.85. The topological polar surface area (TPSA) is 55.4 Å². The first-order valence-corrected chi connectivity index (χ1v) is 17.3. The van der Waals surface area contributed by atoms with E-state index in [1.54, 1.807) is 6.08 Å². The Morgan fingerprint density at radius 2 is 1.04 bits per heavy atom. The first-order chi connectivity index (χ1) is 23.7. The third-order valence-corrected chi connectivity index (χ3v) is 9.14. The van der Waals surface area contributed by atoms with Crippen LogP contribution in [0.5, 0.6) is 0 Å². The summed E-state index contributed by atoms with van der Waals surface area (Å²) in [4.78, 5) is 0. The van der Waals surface area contributed by atoms with Crippen molar-refractivity contribution < 1.29 is 28.4 Å². The van der Waals surface area contributed by atoms with E-state index in [1.807, 2.05) is 72.8 Å². The third kappa shape index (κ3) is 9.29. The molecule has 0 radical (unpaired) electrons. The lowest BCUT2D eigenvalue weighted by atomic mass is 9.90. The van der Waals surface area contributed by atoms with E-state index in [2.05, 4.69) is 55.1 Å². The second-order valence-corrected chi connectivity index (χ2v) is 12.7. The lowest BCUT2D eigenvalue weighted by Gasteiger charge is -2.52. The summed E-state index contributed by atoms with van der Waals surface area (Å²) in [6, 6.07) is 40.7. The average Bonchev–Trinajstić information content (AvgIpc) is 3.15. The smallest absolute Gasteiger partial charge is 0.218 e. The van der Waals surface area contributed by atoms with Gasteiger partial charge in [-0.1, -0.05) is 147 Å². The van der Waals surface area contributed by atoms with E-state index in [4.69, 9.17) is 28.4 Å². The fourth-order valence-corrected chi connectivity index (χ4v) is 6.62. The molecule has 0 aromatic heterocycles. The molecule has 0 spiro atoms. The van der Waals surface area contributed by atoms with Crippen molar-refractivity contribution in [2.75, 3.05) is 6.61 Å². The average molecular weight is 649 g/mol. The zero-order valence-electron chi connectivity index (χ0n) is 27.7. The first-order valence-electron chi connectivity index (χ1n) is 17.3. The van der Waals surface area contributed by atoms with Crippen LogP contribution in [-0.4, -0.2) is 42.9 Å². The van der Waals surface area contributed by atoms with Gasteiger partial charge in [0.15, 0.2) is 0 Å². The molecule has 4 aromatic carbocycles. The van der Waals surface area contributed by atoms with E-state index < -0.39 is 30.2 Å². The molecule has 2 fully saturated rings. The molecule has 0 amide bonds. The summed E-state index contributed by atoms with van der Waals surface area (Å²) in [5, 5.41) is 0. The molecule has 4 aromatic rings. The molecule has 6 nitrogen and oxygen atoms in total. The van der Waals surface area contributed by atoms with Crippen molar-refractivity contribution in [1.29, 1.82) is 0 Å². The second-order valence-electron chi connectivity index (χ2n) is 12.7. The molecule has 2 aliphatic rings. The maximum Gasteiger partial charge on any atom is 0.218 e. The zero-order valence-corrected chi connectivity index (χ0v) is 27.7. The van der Waals surface area contributed by atoms with Crippen LogP contribution in [0.4, 0.5) is 0 Å². The SMILES string of the molecule is C=CC1(OC2CCCCC2)OC(COCc2ccccc2)C(OCc2ccccc2)C(OCc2ccccc2)C1OCc1ccccc1. The van der Waals surface area contributed by atoms with E-state index in [9.17, 15) is 0 Å². The Kier molecular flexibility index (Phi) is 12.6. The Bertz CT molecular complexity index is 1480. The normalized spacial score (nSPS) is 24.7. The molecule has 6 rings (SSSR count). The maximum absolute atomic E-state index is 7.05. The third-order valence-electron chi connectivity index (χ3n) is 9.14. The zero-order chi connectivity index (χ0) is 32.9. The van der Waals surface area contributed by atoms with Crippen LogP contribution in [0, 0.1) is 0 Å². The lowest BCUT2D eigenvalue weighted by Crippen LogP contribution is -2.68. The van der Waals surface area contributed by atoms with E-state index in [1.165, 1.54) is 6.42 Å². The molecule has 1 saturated carbocycles. The molecule has 1 saturated heterocycles. The van der Waals surface area contributed by atoms with Crippen molar-refractivity contribution in [3.8, 4) is 0 Å². The standard InChI is InChI=1S/C42H48O6/c1-2-42(47-37-26-16-7-17-27-37)41(46-31-36-24-14-6-15-25-36)40(45-30-35-22-12-5-13-23-35)39(44-29-34-20-10-4-11-21-34)38(48-42)32-43-28-33-18-8-3-9-19-33/h2-6,8-15,18-25,37-41H,1,7,16-17,26-32H2. The highest BCUT2D eigenvalue weighted by atomic mass is 16.7. The molecule has 0 bridgehead atoms. The van der Waals surface area contributed by atoms with E-state index in [0.717, 1.165) is 47.9 Å². The van der Waals surface area contributed by atoms with Crippen LogP contribution in [-0.2, 0) is 54.8 Å². The summed E-state index contributed by atoms with van der Waals surface area (Å²) in [6.45, 7) is 6.11. The van der Waals surface area contributed by atoms with Crippen LogP contribution in [0.25, 0.3) is 0 Å². The maximum atomic E-state index is 7.05. The van der Waals surface area contributed by atoms with Gasteiger partial charge in [-0.25, -0.2) is 0 Å². The van der Waals surface area contributed by atoms with Gasteiger partial charge in [0.1, 0.15) is 24.4 Å². The minimum absolute atomic E-state index is 0.0158. The first kappa shape index (κ1) is 34.3.